The van der Waals surface area contributed by atoms with Crippen molar-refractivity contribution in [3.8, 4) is 0 Å². The minimum atomic E-state index is -0.209. The molecule has 14 heavy (non-hydrogen) atoms. The van der Waals surface area contributed by atoms with Gasteiger partial charge in [-0.1, -0.05) is 4.49 Å². The largest absolute Gasteiger partial charge is 0.465 e. The van der Waals surface area contributed by atoms with E-state index in [1.54, 1.807) is 6.92 Å². The second-order valence-corrected chi connectivity index (χ2v) is 4.15. The maximum Gasteiger partial charge on any atom is 0.315 e. The zero-order chi connectivity index (χ0) is 10.4. The minimum Gasteiger partial charge on any atom is -0.465 e. The molecule has 0 aliphatic rings. The first-order valence-corrected chi connectivity index (χ1v) is 5.97. The van der Waals surface area contributed by atoms with Crippen LogP contribution in [-0.4, -0.2) is 27.9 Å². The number of ether oxygens (including phenoxy) is 1. The third-order valence-corrected chi connectivity index (χ3v) is 2.86. The van der Waals surface area contributed by atoms with Crippen LogP contribution in [-0.2, 0) is 15.3 Å². The van der Waals surface area contributed by atoms with Crippen LogP contribution in [0.3, 0.4) is 0 Å². The summed E-state index contributed by atoms with van der Waals surface area (Å²) in [5.41, 5.74) is 6.32. The molecule has 7 heteroatoms. The van der Waals surface area contributed by atoms with E-state index < -0.39 is 0 Å². The molecule has 0 unspecified atom stereocenters. The van der Waals surface area contributed by atoms with E-state index in [0.29, 0.717) is 23.1 Å². The predicted molar refractivity (Wildman–Crippen MR) is 57.1 cm³/mol. The van der Waals surface area contributed by atoms with E-state index in [2.05, 4.69) is 9.59 Å². The Morgan fingerprint density at radius 3 is 3.07 bits per heavy atom. The standard InChI is InChI=1S/C7H11N3O2S2/c1-2-12-6(11)4-13-3-5-7(8)14-10-9-5/h2-4,8H2,1H3. The fourth-order valence-electron chi connectivity index (χ4n) is 0.749. The van der Waals surface area contributed by atoms with Gasteiger partial charge >= 0.3 is 5.97 Å². The average Bonchev–Trinajstić information content (AvgIpc) is 2.52. The van der Waals surface area contributed by atoms with Gasteiger partial charge in [0.1, 0.15) is 10.7 Å². The molecule has 0 fully saturated rings. The quantitative estimate of drug-likeness (QED) is 0.762. The van der Waals surface area contributed by atoms with Crippen LogP contribution in [0, 0.1) is 0 Å². The Morgan fingerprint density at radius 1 is 1.71 bits per heavy atom. The number of nitrogens with zero attached hydrogens (tertiary/aromatic N) is 2. The smallest absolute Gasteiger partial charge is 0.315 e. The zero-order valence-electron chi connectivity index (χ0n) is 7.73. The molecule has 1 rings (SSSR count). The van der Waals surface area contributed by atoms with E-state index in [-0.39, 0.29) is 5.97 Å². The van der Waals surface area contributed by atoms with Gasteiger partial charge in [0.2, 0.25) is 0 Å². The Labute approximate surface area is 90.2 Å². The summed E-state index contributed by atoms with van der Waals surface area (Å²) >= 11 is 2.58. The Kier molecular flexibility index (Phi) is 4.68. The van der Waals surface area contributed by atoms with Gasteiger partial charge in [0.25, 0.3) is 0 Å². The lowest BCUT2D eigenvalue weighted by Crippen LogP contribution is -2.06. The van der Waals surface area contributed by atoms with Gasteiger partial charge in [-0.2, -0.15) is 0 Å². The van der Waals surface area contributed by atoms with E-state index in [0.717, 1.165) is 17.2 Å². The molecule has 0 saturated heterocycles. The van der Waals surface area contributed by atoms with Crippen LogP contribution in [0.2, 0.25) is 0 Å². The van der Waals surface area contributed by atoms with E-state index in [9.17, 15) is 4.79 Å². The minimum absolute atomic E-state index is 0.209. The van der Waals surface area contributed by atoms with Gasteiger partial charge in [-0.25, -0.2) is 0 Å². The van der Waals surface area contributed by atoms with Crippen molar-refractivity contribution in [2.75, 3.05) is 18.1 Å². The number of thioether (sulfide) groups is 1. The molecule has 0 aliphatic carbocycles. The summed E-state index contributed by atoms with van der Waals surface area (Å²) < 4.78 is 8.46. The first kappa shape index (κ1) is 11.3. The van der Waals surface area contributed by atoms with Gasteiger partial charge in [0.05, 0.1) is 12.4 Å². The summed E-state index contributed by atoms with van der Waals surface area (Å²) in [5, 5.41) is 4.44. The number of anilines is 1. The van der Waals surface area contributed by atoms with Crippen molar-refractivity contribution in [3.63, 3.8) is 0 Å². The second kappa shape index (κ2) is 5.82. The van der Waals surface area contributed by atoms with Gasteiger partial charge in [-0.3, -0.25) is 4.79 Å². The molecule has 78 valence electrons. The van der Waals surface area contributed by atoms with Crippen LogP contribution < -0.4 is 5.73 Å². The summed E-state index contributed by atoms with van der Waals surface area (Å²) in [4.78, 5) is 10.9. The number of hydrogen-bond donors (Lipinski definition) is 1. The number of carbonyl (C=O) groups is 1. The first-order chi connectivity index (χ1) is 6.74. The number of nitrogens with two attached hydrogens (primary N) is 1. The molecule has 0 aromatic carbocycles. The molecule has 0 saturated carbocycles. The van der Waals surface area contributed by atoms with Crippen molar-refractivity contribution >= 4 is 34.3 Å². The molecule has 1 heterocycles. The summed E-state index contributed by atoms with van der Waals surface area (Å²) in [6, 6.07) is 0. The molecule has 0 atom stereocenters. The van der Waals surface area contributed by atoms with Crippen molar-refractivity contribution in [2.24, 2.45) is 0 Å². The molecule has 0 amide bonds. The normalized spacial score (nSPS) is 10.1. The van der Waals surface area contributed by atoms with Crippen molar-refractivity contribution in [2.45, 2.75) is 12.7 Å². The van der Waals surface area contributed by atoms with Gasteiger partial charge < -0.3 is 10.5 Å². The summed E-state index contributed by atoms with van der Waals surface area (Å²) in [6.07, 6.45) is 0. The molecule has 0 bridgehead atoms. The monoisotopic (exact) mass is 233 g/mol. The van der Waals surface area contributed by atoms with Gasteiger partial charge in [-0.15, -0.1) is 16.9 Å². The third kappa shape index (κ3) is 3.51. The number of esters is 1. The Bertz CT molecular complexity index is 303. The lowest BCUT2D eigenvalue weighted by Gasteiger charge is -2.00. The Hall–Kier alpha value is -0.820. The predicted octanol–water partition coefficient (Wildman–Crippen LogP) is 0.917. The molecule has 1 aromatic rings. The van der Waals surface area contributed by atoms with Crippen molar-refractivity contribution < 1.29 is 9.53 Å². The van der Waals surface area contributed by atoms with Crippen molar-refractivity contribution in [1.82, 2.24) is 9.59 Å². The van der Waals surface area contributed by atoms with Crippen molar-refractivity contribution in [3.05, 3.63) is 5.69 Å². The lowest BCUT2D eigenvalue weighted by atomic mass is 10.5. The fraction of sp³-hybridized carbons (Fsp3) is 0.571. The Balaban J connectivity index is 2.22. The van der Waals surface area contributed by atoms with E-state index >= 15 is 0 Å². The number of carbonyl (C=O) groups excluding carboxylic acids is 1. The SMILES string of the molecule is CCOC(=O)CSCc1nnsc1N. The molecular formula is C7H11N3O2S2. The second-order valence-electron chi connectivity index (χ2n) is 2.38. The molecule has 0 aliphatic heterocycles. The van der Waals surface area contributed by atoms with Crippen LogP contribution in [0.25, 0.3) is 0 Å². The molecule has 5 nitrogen and oxygen atoms in total. The average molecular weight is 233 g/mol. The topological polar surface area (TPSA) is 78.1 Å². The van der Waals surface area contributed by atoms with Crippen LogP contribution in [0.15, 0.2) is 0 Å². The highest BCUT2D eigenvalue weighted by Gasteiger charge is 2.06. The van der Waals surface area contributed by atoms with Crippen LogP contribution >= 0.6 is 23.3 Å². The van der Waals surface area contributed by atoms with E-state index in [1.165, 1.54) is 11.8 Å². The highest BCUT2D eigenvalue weighted by Crippen LogP contribution is 2.18. The van der Waals surface area contributed by atoms with Gasteiger partial charge in [0.15, 0.2) is 0 Å². The van der Waals surface area contributed by atoms with E-state index in [4.69, 9.17) is 10.5 Å². The summed E-state index contributed by atoms with van der Waals surface area (Å²) in [6.45, 7) is 2.20. The Morgan fingerprint density at radius 2 is 2.50 bits per heavy atom. The maximum absolute atomic E-state index is 10.9. The van der Waals surface area contributed by atoms with Crippen molar-refractivity contribution in [1.29, 1.82) is 0 Å². The summed E-state index contributed by atoms with van der Waals surface area (Å²) in [7, 11) is 0. The van der Waals surface area contributed by atoms with E-state index in [1.807, 2.05) is 0 Å². The molecule has 0 spiro atoms. The third-order valence-electron chi connectivity index (χ3n) is 1.35. The highest BCUT2D eigenvalue weighted by atomic mass is 32.2. The number of aromatic nitrogens is 2. The fourth-order valence-corrected chi connectivity index (χ4v) is 2.05. The first-order valence-electron chi connectivity index (χ1n) is 4.04. The number of rotatable bonds is 5. The molecule has 2 N–H and O–H groups in total. The lowest BCUT2D eigenvalue weighted by molar-refractivity contribution is -0.139. The van der Waals surface area contributed by atoms with Crippen LogP contribution in [0.1, 0.15) is 12.6 Å². The molecule has 0 radical (unpaired) electrons. The highest BCUT2D eigenvalue weighted by molar-refractivity contribution is 7.99. The van der Waals surface area contributed by atoms with Crippen LogP contribution in [0.4, 0.5) is 5.00 Å². The summed E-state index contributed by atoms with van der Waals surface area (Å²) in [5.74, 6) is 0.714. The van der Waals surface area contributed by atoms with Gasteiger partial charge in [-0.05, 0) is 6.92 Å². The van der Waals surface area contributed by atoms with Gasteiger partial charge in [0, 0.05) is 17.3 Å². The number of nitrogen functional groups attached to an aromatic ring is 1. The number of hydrogen-bond acceptors (Lipinski definition) is 7. The maximum atomic E-state index is 10.9. The zero-order valence-corrected chi connectivity index (χ0v) is 9.36. The molecule has 1 aromatic heterocycles. The molecular weight excluding hydrogens is 222 g/mol. The van der Waals surface area contributed by atoms with Crippen LogP contribution in [0.5, 0.6) is 0 Å².